The number of carbonyl (C=O) groups excluding carboxylic acids is 1. The Hall–Kier alpha value is -0.650. The summed E-state index contributed by atoms with van der Waals surface area (Å²) in [5, 5.41) is 3.47. The summed E-state index contributed by atoms with van der Waals surface area (Å²) >= 11 is 0. The Kier molecular flexibility index (Phi) is 6.02. The fraction of sp³-hybridized carbons (Fsp3) is 0.938. The van der Waals surface area contributed by atoms with Gasteiger partial charge in [0.05, 0.1) is 12.7 Å². The average Bonchev–Trinajstić information content (AvgIpc) is 3.10. The minimum absolute atomic E-state index is 0.123. The van der Waals surface area contributed by atoms with Crippen LogP contribution >= 0.6 is 0 Å². The van der Waals surface area contributed by atoms with Crippen molar-refractivity contribution < 1.29 is 14.3 Å². The van der Waals surface area contributed by atoms with Crippen molar-refractivity contribution in [3.05, 3.63) is 0 Å². The highest BCUT2D eigenvalue weighted by atomic mass is 16.5. The molecule has 1 aliphatic carbocycles. The predicted molar refractivity (Wildman–Crippen MR) is 82.3 cm³/mol. The summed E-state index contributed by atoms with van der Waals surface area (Å²) < 4.78 is 10.9. The molecule has 5 nitrogen and oxygen atoms in total. The molecule has 2 atom stereocenters. The van der Waals surface area contributed by atoms with Crippen LogP contribution in [0, 0.1) is 0 Å². The second kappa shape index (κ2) is 7.56. The summed E-state index contributed by atoms with van der Waals surface area (Å²) in [6.45, 7) is 6.98. The number of esters is 1. The third-order valence-electron chi connectivity index (χ3n) is 4.36. The van der Waals surface area contributed by atoms with Gasteiger partial charge in [-0.2, -0.15) is 0 Å². The van der Waals surface area contributed by atoms with Gasteiger partial charge in [0, 0.05) is 25.7 Å². The first-order valence-corrected chi connectivity index (χ1v) is 8.28. The van der Waals surface area contributed by atoms with E-state index in [0.29, 0.717) is 18.8 Å². The smallest absolute Gasteiger partial charge is 0.326 e. The van der Waals surface area contributed by atoms with E-state index in [0.717, 1.165) is 32.5 Å². The van der Waals surface area contributed by atoms with E-state index in [2.05, 4.69) is 17.3 Å². The summed E-state index contributed by atoms with van der Waals surface area (Å²) in [5.41, 5.74) is -0.567. The molecule has 0 amide bonds. The molecular weight excluding hydrogens is 268 g/mol. The summed E-state index contributed by atoms with van der Waals surface area (Å²) in [7, 11) is 2.10. The molecule has 0 aromatic carbocycles. The highest BCUT2D eigenvalue weighted by Crippen LogP contribution is 2.25. The van der Waals surface area contributed by atoms with Gasteiger partial charge in [0.2, 0.25) is 0 Å². The molecule has 2 unspecified atom stereocenters. The third kappa shape index (κ3) is 5.24. The first-order valence-electron chi connectivity index (χ1n) is 8.28. The van der Waals surface area contributed by atoms with E-state index in [4.69, 9.17) is 9.47 Å². The van der Waals surface area contributed by atoms with Gasteiger partial charge in [0.1, 0.15) is 5.54 Å². The molecule has 21 heavy (non-hydrogen) atoms. The van der Waals surface area contributed by atoms with Gasteiger partial charge < -0.3 is 14.4 Å². The van der Waals surface area contributed by atoms with E-state index in [1.807, 2.05) is 13.8 Å². The van der Waals surface area contributed by atoms with Crippen LogP contribution in [0.3, 0.4) is 0 Å². The zero-order valence-electron chi connectivity index (χ0n) is 13.7. The largest absolute Gasteiger partial charge is 0.465 e. The fourth-order valence-electron chi connectivity index (χ4n) is 2.84. The maximum absolute atomic E-state index is 12.3. The quantitative estimate of drug-likeness (QED) is 0.655. The Morgan fingerprint density at radius 1 is 1.43 bits per heavy atom. The predicted octanol–water partition coefficient (Wildman–Crippen LogP) is 1.56. The minimum Gasteiger partial charge on any atom is -0.465 e. The maximum atomic E-state index is 12.3. The molecule has 1 aliphatic heterocycles. The summed E-state index contributed by atoms with van der Waals surface area (Å²) in [5.74, 6) is -0.123. The van der Waals surface area contributed by atoms with Crippen LogP contribution < -0.4 is 5.32 Å². The van der Waals surface area contributed by atoms with Gasteiger partial charge in [-0.3, -0.25) is 10.1 Å². The first kappa shape index (κ1) is 16.7. The van der Waals surface area contributed by atoms with Gasteiger partial charge in [0.15, 0.2) is 0 Å². The van der Waals surface area contributed by atoms with Crippen LogP contribution in [-0.4, -0.2) is 61.9 Å². The van der Waals surface area contributed by atoms with Crippen LogP contribution in [0.1, 0.15) is 46.0 Å². The molecular formula is C16H30N2O3. The van der Waals surface area contributed by atoms with Crippen LogP contribution in [0.25, 0.3) is 0 Å². The Morgan fingerprint density at radius 3 is 2.76 bits per heavy atom. The van der Waals surface area contributed by atoms with Crippen LogP contribution in [0.15, 0.2) is 0 Å². The molecule has 2 aliphatic rings. The van der Waals surface area contributed by atoms with Crippen molar-refractivity contribution in [3.63, 3.8) is 0 Å². The zero-order chi connectivity index (χ0) is 15.3. The van der Waals surface area contributed by atoms with E-state index < -0.39 is 5.54 Å². The van der Waals surface area contributed by atoms with Crippen molar-refractivity contribution in [3.8, 4) is 0 Å². The Balaban J connectivity index is 1.80. The van der Waals surface area contributed by atoms with Crippen molar-refractivity contribution >= 4 is 5.97 Å². The SMILES string of the molecule is CCOC(=O)C(C)(CCN(C)CC1CCCO1)NC1CC1. The highest BCUT2D eigenvalue weighted by molar-refractivity contribution is 5.80. The van der Waals surface area contributed by atoms with Crippen LogP contribution in [0.4, 0.5) is 0 Å². The number of nitrogens with one attached hydrogen (secondary N) is 1. The monoisotopic (exact) mass is 298 g/mol. The molecule has 1 heterocycles. The Bertz CT molecular complexity index is 340. The molecule has 122 valence electrons. The van der Waals surface area contributed by atoms with Gasteiger partial charge in [0.25, 0.3) is 0 Å². The van der Waals surface area contributed by atoms with Gasteiger partial charge in [-0.05, 0) is 53.0 Å². The normalized spacial score (nSPS) is 25.0. The second-order valence-corrected chi connectivity index (χ2v) is 6.62. The molecule has 0 bridgehead atoms. The lowest BCUT2D eigenvalue weighted by Gasteiger charge is -2.31. The molecule has 5 heteroatoms. The highest BCUT2D eigenvalue weighted by Gasteiger charge is 2.39. The molecule has 2 fully saturated rings. The number of nitrogens with zero attached hydrogens (tertiary/aromatic N) is 1. The number of likely N-dealkylation sites (N-methyl/N-ethyl adjacent to an activating group) is 1. The first-order chi connectivity index (χ1) is 10.0. The second-order valence-electron chi connectivity index (χ2n) is 6.62. The average molecular weight is 298 g/mol. The topological polar surface area (TPSA) is 50.8 Å². The molecule has 0 aromatic rings. The van der Waals surface area contributed by atoms with E-state index in [1.54, 1.807) is 0 Å². The van der Waals surface area contributed by atoms with Crippen LogP contribution in [0.5, 0.6) is 0 Å². The van der Waals surface area contributed by atoms with Crippen molar-refractivity contribution in [2.24, 2.45) is 0 Å². The molecule has 0 aromatic heterocycles. The van der Waals surface area contributed by atoms with Crippen LogP contribution in [0.2, 0.25) is 0 Å². The summed E-state index contributed by atoms with van der Waals surface area (Å²) in [4.78, 5) is 14.5. The lowest BCUT2D eigenvalue weighted by Crippen LogP contribution is -2.53. The summed E-state index contributed by atoms with van der Waals surface area (Å²) in [6, 6.07) is 0.489. The van der Waals surface area contributed by atoms with Crippen LogP contribution in [-0.2, 0) is 14.3 Å². The van der Waals surface area contributed by atoms with Gasteiger partial charge in [-0.1, -0.05) is 0 Å². The van der Waals surface area contributed by atoms with Crippen molar-refractivity contribution in [2.75, 3.05) is 33.4 Å². The fourth-order valence-corrected chi connectivity index (χ4v) is 2.84. The van der Waals surface area contributed by atoms with E-state index in [-0.39, 0.29) is 5.97 Å². The molecule has 1 N–H and O–H groups in total. The number of hydrogen-bond acceptors (Lipinski definition) is 5. The zero-order valence-corrected chi connectivity index (χ0v) is 13.7. The maximum Gasteiger partial charge on any atom is 0.326 e. The van der Waals surface area contributed by atoms with E-state index in [9.17, 15) is 4.79 Å². The van der Waals surface area contributed by atoms with Gasteiger partial charge in [-0.15, -0.1) is 0 Å². The van der Waals surface area contributed by atoms with Gasteiger partial charge in [-0.25, -0.2) is 0 Å². The molecule has 0 radical (unpaired) electrons. The van der Waals surface area contributed by atoms with E-state index in [1.165, 1.54) is 19.3 Å². The third-order valence-corrected chi connectivity index (χ3v) is 4.36. The van der Waals surface area contributed by atoms with Crippen molar-refractivity contribution in [1.29, 1.82) is 0 Å². The molecule has 0 spiro atoms. The van der Waals surface area contributed by atoms with Crippen molar-refractivity contribution in [1.82, 2.24) is 10.2 Å². The van der Waals surface area contributed by atoms with Gasteiger partial charge >= 0.3 is 5.97 Å². The number of rotatable bonds is 9. The Morgan fingerprint density at radius 2 is 2.19 bits per heavy atom. The number of ether oxygens (including phenoxy) is 2. The van der Waals surface area contributed by atoms with E-state index >= 15 is 0 Å². The summed E-state index contributed by atoms with van der Waals surface area (Å²) in [6.07, 6.45) is 5.79. The molecule has 2 rings (SSSR count). The molecule has 1 saturated heterocycles. The van der Waals surface area contributed by atoms with Crippen molar-refractivity contribution in [2.45, 2.75) is 63.6 Å². The standard InChI is InChI=1S/C16H30N2O3/c1-4-20-15(19)16(2,17-13-7-8-13)9-10-18(3)12-14-6-5-11-21-14/h13-14,17H,4-12H2,1-3H3. The number of carbonyl (C=O) groups is 1. The Labute approximate surface area is 128 Å². The number of hydrogen-bond donors (Lipinski definition) is 1. The lowest BCUT2D eigenvalue weighted by molar-refractivity contribution is -0.151. The minimum atomic E-state index is -0.567. The molecule has 1 saturated carbocycles. The lowest BCUT2D eigenvalue weighted by atomic mass is 9.97.